The minimum Gasteiger partial charge on any atom is -0.396 e. The topological polar surface area (TPSA) is 32.3 Å². The third kappa shape index (κ3) is 2.00. The first-order chi connectivity index (χ1) is 6.81. The van der Waals surface area contributed by atoms with Crippen molar-refractivity contribution in [1.82, 2.24) is 5.32 Å². The molecule has 14 heavy (non-hydrogen) atoms. The molecule has 1 aromatic carbocycles. The summed E-state index contributed by atoms with van der Waals surface area (Å²) in [4.78, 5) is 0. The molecule has 1 heterocycles. The Morgan fingerprint density at radius 2 is 2.29 bits per heavy atom. The predicted octanol–water partition coefficient (Wildman–Crippen LogP) is 1.74. The first-order valence-electron chi connectivity index (χ1n) is 4.88. The van der Waals surface area contributed by atoms with Gasteiger partial charge in [-0.3, -0.25) is 0 Å². The molecule has 0 saturated carbocycles. The van der Waals surface area contributed by atoms with Crippen molar-refractivity contribution in [2.24, 2.45) is 5.92 Å². The summed E-state index contributed by atoms with van der Waals surface area (Å²) in [5, 5.41) is 12.5. The van der Waals surface area contributed by atoms with Crippen LogP contribution >= 0.6 is 15.9 Å². The average Bonchev–Trinajstić information content (AvgIpc) is 2.65. The van der Waals surface area contributed by atoms with E-state index in [9.17, 15) is 5.11 Å². The van der Waals surface area contributed by atoms with E-state index in [-0.39, 0.29) is 6.61 Å². The molecule has 2 N–H and O–H groups in total. The van der Waals surface area contributed by atoms with Crippen molar-refractivity contribution in [2.75, 3.05) is 19.7 Å². The van der Waals surface area contributed by atoms with Crippen LogP contribution in [0.3, 0.4) is 0 Å². The molecule has 0 aromatic heterocycles. The monoisotopic (exact) mass is 255 g/mol. The van der Waals surface area contributed by atoms with Crippen molar-refractivity contribution in [3.63, 3.8) is 0 Å². The molecular weight excluding hydrogens is 242 g/mol. The maximum absolute atomic E-state index is 9.22. The molecule has 2 nitrogen and oxygen atoms in total. The number of benzene rings is 1. The van der Waals surface area contributed by atoms with E-state index in [1.807, 2.05) is 12.1 Å². The summed E-state index contributed by atoms with van der Waals surface area (Å²) in [5.74, 6) is 0.821. The van der Waals surface area contributed by atoms with Gasteiger partial charge in [-0.2, -0.15) is 0 Å². The Bertz CT molecular complexity index is 316. The van der Waals surface area contributed by atoms with E-state index < -0.39 is 0 Å². The lowest BCUT2D eigenvalue weighted by Crippen LogP contribution is -2.14. The van der Waals surface area contributed by atoms with Crippen LogP contribution in [0.5, 0.6) is 0 Å². The number of rotatable bonds is 2. The molecule has 0 bridgehead atoms. The number of nitrogens with one attached hydrogen (secondary N) is 1. The Kier molecular flexibility index (Phi) is 3.21. The molecule has 0 radical (unpaired) electrons. The van der Waals surface area contributed by atoms with Gasteiger partial charge in [0, 0.05) is 36.0 Å². The van der Waals surface area contributed by atoms with Gasteiger partial charge in [0.2, 0.25) is 0 Å². The lowest BCUT2D eigenvalue weighted by Gasteiger charge is -2.16. The second kappa shape index (κ2) is 4.43. The lowest BCUT2D eigenvalue weighted by molar-refractivity contribution is 0.226. The molecule has 76 valence electrons. The van der Waals surface area contributed by atoms with Crippen LogP contribution in [0.25, 0.3) is 0 Å². The first-order valence-corrected chi connectivity index (χ1v) is 5.67. The van der Waals surface area contributed by atoms with Crippen LogP contribution in [0.2, 0.25) is 0 Å². The number of hydrogen-bond acceptors (Lipinski definition) is 2. The fourth-order valence-electron chi connectivity index (χ4n) is 2.05. The summed E-state index contributed by atoms with van der Waals surface area (Å²) in [5.41, 5.74) is 1.31. The molecule has 1 aliphatic heterocycles. The standard InChI is InChI=1S/C11H14BrNO/c12-10-3-1-2-8(4-10)11-6-13-5-9(11)7-14/h1-4,9,11,13-14H,5-7H2/t9-,11-/m0/s1. The Hall–Kier alpha value is -0.380. The van der Waals surface area contributed by atoms with Crippen LogP contribution in [0, 0.1) is 5.92 Å². The molecule has 2 rings (SSSR count). The molecule has 2 atom stereocenters. The summed E-state index contributed by atoms with van der Waals surface area (Å²) in [7, 11) is 0. The third-order valence-corrected chi connectivity index (χ3v) is 3.34. The SMILES string of the molecule is OC[C@@H]1CNC[C@H]1c1cccc(Br)c1. The molecule has 1 saturated heterocycles. The van der Waals surface area contributed by atoms with E-state index in [2.05, 4.69) is 33.4 Å². The first kappa shape index (κ1) is 10.1. The highest BCUT2D eigenvalue weighted by Gasteiger charge is 2.27. The largest absolute Gasteiger partial charge is 0.396 e. The van der Waals surface area contributed by atoms with Crippen LogP contribution in [0.15, 0.2) is 28.7 Å². The summed E-state index contributed by atoms with van der Waals surface area (Å²) >= 11 is 3.47. The van der Waals surface area contributed by atoms with Gasteiger partial charge in [0.25, 0.3) is 0 Å². The van der Waals surface area contributed by atoms with Crippen molar-refractivity contribution < 1.29 is 5.11 Å². The van der Waals surface area contributed by atoms with Crippen LogP contribution in [-0.4, -0.2) is 24.8 Å². The predicted molar refractivity (Wildman–Crippen MR) is 60.3 cm³/mol. The highest BCUT2D eigenvalue weighted by Crippen LogP contribution is 2.29. The van der Waals surface area contributed by atoms with Gasteiger partial charge in [0.1, 0.15) is 0 Å². The number of aliphatic hydroxyl groups excluding tert-OH is 1. The van der Waals surface area contributed by atoms with Crippen molar-refractivity contribution in [2.45, 2.75) is 5.92 Å². The Morgan fingerprint density at radius 1 is 1.43 bits per heavy atom. The minimum absolute atomic E-state index is 0.268. The number of halogens is 1. The van der Waals surface area contributed by atoms with Gasteiger partial charge in [-0.1, -0.05) is 28.1 Å². The van der Waals surface area contributed by atoms with Crippen LogP contribution in [0.4, 0.5) is 0 Å². The van der Waals surface area contributed by atoms with Crippen LogP contribution < -0.4 is 5.32 Å². The zero-order valence-corrected chi connectivity index (χ0v) is 9.50. The lowest BCUT2D eigenvalue weighted by atomic mass is 9.90. The number of hydrogen-bond donors (Lipinski definition) is 2. The second-order valence-electron chi connectivity index (χ2n) is 3.76. The molecule has 0 unspecified atom stereocenters. The van der Waals surface area contributed by atoms with Crippen molar-refractivity contribution in [3.05, 3.63) is 34.3 Å². The van der Waals surface area contributed by atoms with Crippen LogP contribution in [0.1, 0.15) is 11.5 Å². The molecule has 0 aliphatic carbocycles. The molecule has 1 aromatic rings. The zero-order valence-electron chi connectivity index (χ0n) is 7.91. The smallest absolute Gasteiger partial charge is 0.0477 e. The molecule has 0 spiro atoms. The molecule has 3 heteroatoms. The van der Waals surface area contributed by atoms with Gasteiger partial charge in [-0.05, 0) is 17.7 Å². The van der Waals surface area contributed by atoms with E-state index in [0.29, 0.717) is 11.8 Å². The second-order valence-corrected chi connectivity index (χ2v) is 4.68. The van der Waals surface area contributed by atoms with Crippen molar-refractivity contribution in [1.29, 1.82) is 0 Å². The molecular formula is C11H14BrNO. The van der Waals surface area contributed by atoms with Crippen LogP contribution in [-0.2, 0) is 0 Å². The quantitative estimate of drug-likeness (QED) is 0.844. The van der Waals surface area contributed by atoms with E-state index >= 15 is 0 Å². The van der Waals surface area contributed by atoms with Crippen molar-refractivity contribution in [3.8, 4) is 0 Å². The highest BCUT2D eigenvalue weighted by atomic mass is 79.9. The van der Waals surface area contributed by atoms with Crippen molar-refractivity contribution >= 4 is 15.9 Å². The maximum Gasteiger partial charge on any atom is 0.0477 e. The van der Waals surface area contributed by atoms with Gasteiger partial charge in [-0.15, -0.1) is 0 Å². The van der Waals surface area contributed by atoms with Gasteiger partial charge in [0.05, 0.1) is 0 Å². The zero-order chi connectivity index (χ0) is 9.97. The Labute approximate surface area is 92.5 Å². The molecule has 1 aliphatic rings. The Morgan fingerprint density at radius 3 is 3.00 bits per heavy atom. The number of aliphatic hydroxyl groups is 1. The summed E-state index contributed by atoms with van der Waals surface area (Å²) in [6, 6.07) is 8.34. The fourth-order valence-corrected chi connectivity index (χ4v) is 2.47. The van der Waals surface area contributed by atoms with E-state index in [1.54, 1.807) is 0 Å². The van der Waals surface area contributed by atoms with Gasteiger partial charge < -0.3 is 10.4 Å². The molecule has 1 fully saturated rings. The third-order valence-electron chi connectivity index (χ3n) is 2.85. The van der Waals surface area contributed by atoms with E-state index in [0.717, 1.165) is 17.6 Å². The molecule has 0 amide bonds. The van der Waals surface area contributed by atoms with E-state index in [4.69, 9.17) is 0 Å². The summed E-state index contributed by atoms with van der Waals surface area (Å²) < 4.78 is 1.11. The van der Waals surface area contributed by atoms with Gasteiger partial charge >= 0.3 is 0 Å². The van der Waals surface area contributed by atoms with Gasteiger partial charge in [-0.25, -0.2) is 0 Å². The minimum atomic E-state index is 0.268. The average molecular weight is 256 g/mol. The summed E-state index contributed by atoms with van der Waals surface area (Å²) in [6.07, 6.45) is 0. The normalized spacial score (nSPS) is 26.7. The highest BCUT2D eigenvalue weighted by molar-refractivity contribution is 9.10. The fraction of sp³-hybridized carbons (Fsp3) is 0.455. The van der Waals surface area contributed by atoms with E-state index in [1.165, 1.54) is 5.56 Å². The van der Waals surface area contributed by atoms with Gasteiger partial charge in [0.15, 0.2) is 0 Å². The Balaban J connectivity index is 2.21. The summed E-state index contributed by atoms with van der Waals surface area (Å²) in [6.45, 7) is 2.17. The maximum atomic E-state index is 9.22.